The average molecular weight is 307 g/mol. The first-order valence-electron chi connectivity index (χ1n) is 8.35. The molecule has 0 unspecified atom stereocenters. The van der Waals surface area contributed by atoms with Gasteiger partial charge >= 0.3 is 0 Å². The number of amides is 1. The summed E-state index contributed by atoms with van der Waals surface area (Å²) in [6.07, 6.45) is 9.17. The number of nitrogens with one attached hydrogen (secondary N) is 1. The van der Waals surface area contributed by atoms with Crippen LogP contribution < -0.4 is 10.1 Å². The van der Waals surface area contributed by atoms with E-state index in [9.17, 15) is 4.79 Å². The smallest absolute Gasteiger partial charge is 0.220 e. The molecule has 22 heavy (non-hydrogen) atoms. The zero-order valence-electron chi connectivity index (χ0n) is 13.6. The Hall–Kier alpha value is -1.55. The fourth-order valence-electron chi connectivity index (χ4n) is 2.31. The molecule has 0 radical (unpaired) electrons. The summed E-state index contributed by atoms with van der Waals surface area (Å²) >= 11 is 0. The molecule has 0 heterocycles. The Morgan fingerprint density at radius 1 is 1.05 bits per heavy atom. The van der Waals surface area contributed by atoms with Crippen molar-refractivity contribution in [1.82, 2.24) is 5.32 Å². The number of aliphatic hydroxyl groups excluding tert-OH is 1. The number of carbonyl (C=O) groups excluding carboxylic acids is 1. The van der Waals surface area contributed by atoms with Crippen LogP contribution in [-0.4, -0.2) is 17.8 Å². The van der Waals surface area contributed by atoms with E-state index in [1.54, 1.807) is 12.1 Å². The minimum atomic E-state index is -0.325. The third kappa shape index (κ3) is 8.67. The van der Waals surface area contributed by atoms with E-state index >= 15 is 0 Å². The third-order valence-electron chi connectivity index (χ3n) is 3.65. The van der Waals surface area contributed by atoms with Crippen molar-refractivity contribution < 1.29 is 14.6 Å². The number of aliphatic hydroxyl groups is 1. The van der Waals surface area contributed by atoms with Crippen LogP contribution in [0.1, 0.15) is 63.9 Å². The fourth-order valence-corrected chi connectivity index (χ4v) is 2.31. The molecule has 0 atom stereocenters. The van der Waals surface area contributed by atoms with E-state index in [1.807, 2.05) is 12.1 Å². The van der Waals surface area contributed by atoms with Crippen LogP contribution in [0, 0.1) is 0 Å². The van der Waals surface area contributed by atoms with E-state index in [4.69, 9.17) is 9.84 Å². The lowest BCUT2D eigenvalue weighted by Crippen LogP contribution is -2.22. The van der Waals surface area contributed by atoms with E-state index in [2.05, 4.69) is 12.2 Å². The maximum absolute atomic E-state index is 11.8. The molecule has 0 spiro atoms. The van der Waals surface area contributed by atoms with Gasteiger partial charge in [0.15, 0.2) is 6.79 Å². The molecule has 0 saturated carbocycles. The number of hydrogen-bond donors (Lipinski definition) is 2. The summed E-state index contributed by atoms with van der Waals surface area (Å²) < 4.78 is 4.96. The van der Waals surface area contributed by atoms with Gasteiger partial charge in [0, 0.05) is 13.0 Å². The van der Waals surface area contributed by atoms with Crippen LogP contribution in [0.25, 0.3) is 0 Å². The summed E-state index contributed by atoms with van der Waals surface area (Å²) in [6.45, 7) is 2.43. The van der Waals surface area contributed by atoms with E-state index in [0.717, 1.165) is 18.4 Å². The molecule has 0 bridgehead atoms. The predicted molar refractivity (Wildman–Crippen MR) is 88.6 cm³/mol. The summed E-state index contributed by atoms with van der Waals surface area (Å²) in [5.41, 5.74) is 1.03. The summed E-state index contributed by atoms with van der Waals surface area (Å²) in [5, 5.41) is 11.6. The van der Waals surface area contributed by atoms with Gasteiger partial charge in [-0.15, -0.1) is 0 Å². The molecule has 2 N–H and O–H groups in total. The second kappa shape index (κ2) is 12.0. The summed E-state index contributed by atoms with van der Waals surface area (Å²) in [5.74, 6) is 0.741. The molecule has 0 aromatic heterocycles. The van der Waals surface area contributed by atoms with E-state index in [-0.39, 0.29) is 12.7 Å². The van der Waals surface area contributed by atoms with Crippen LogP contribution in [0.5, 0.6) is 5.75 Å². The van der Waals surface area contributed by atoms with Gasteiger partial charge < -0.3 is 15.2 Å². The van der Waals surface area contributed by atoms with Gasteiger partial charge in [0.2, 0.25) is 5.91 Å². The van der Waals surface area contributed by atoms with E-state index < -0.39 is 0 Å². The SMILES string of the molecule is CCCCCCCCCC(=O)NCc1ccc(OCO)cc1. The van der Waals surface area contributed by atoms with Crippen molar-refractivity contribution in [3.8, 4) is 5.75 Å². The first-order chi connectivity index (χ1) is 10.8. The summed E-state index contributed by atoms with van der Waals surface area (Å²) in [6, 6.07) is 7.35. The molecule has 1 aromatic rings. The monoisotopic (exact) mass is 307 g/mol. The largest absolute Gasteiger partial charge is 0.468 e. The van der Waals surface area contributed by atoms with Gasteiger partial charge in [0.25, 0.3) is 0 Å². The number of ether oxygens (including phenoxy) is 1. The lowest BCUT2D eigenvalue weighted by molar-refractivity contribution is -0.121. The van der Waals surface area contributed by atoms with Gasteiger partial charge in [0.1, 0.15) is 5.75 Å². The summed E-state index contributed by atoms with van der Waals surface area (Å²) in [7, 11) is 0. The van der Waals surface area contributed by atoms with Gasteiger partial charge in [-0.2, -0.15) is 0 Å². The molecule has 0 aliphatic heterocycles. The van der Waals surface area contributed by atoms with Crippen molar-refractivity contribution in [2.75, 3.05) is 6.79 Å². The number of hydrogen-bond acceptors (Lipinski definition) is 3. The molecular formula is C18H29NO3. The maximum atomic E-state index is 11.8. The second-order valence-electron chi connectivity index (χ2n) is 5.57. The zero-order valence-corrected chi connectivity index (χ0v) is 13.6. The molecule has 0 aliphatic rings. The number of carbonyl (C=O) groups is 1. The Morgan fingerprint density at radius 3 is 2.32 bits per heavy atom. The molecular weight excluding hydrogens is 278 g/mol. The van der Waals surface area contributed by atoms with Crippen LogP contribution in [0.2, 0.25) is 0 Å². The molecule has 1 amide bonds. The normalized spacial score (nSPS) is 10.5. The van der Waals surface area contributed by atoms with E-state index in [0.29, 0.717) is 18.7 Å². The zero-order chi connectivity index (χ0) is 16.0. The van der Waals surface area contributed by atoms with Crippen LogP contribution in [0.3, 0.4) is 0 Å². The Kier molecular flexibility index (Phi) is 10.1. The van der Waals surface area contributed by atoms with Crippen molar-refractivity contribution in [3.63, 3.8) is 0 Å². The molecule has 4 heteroatoms. The molecule has 124 valence electrons. The Balaban J connectivity index is 2.07. The van der Waals surface area contributed by atoms with Crippen LogP contribution in [-0.2, 0) is 11.3 Å². The van der Waals surface area contributed by atoms with Crippen molar-refractivity contribution in [3.05, 3.63) is 29.8 Å². The highest BCUT2D eigenvalue weighted by Gasteiger charge is 2.02. The second-order valence-corrected chi connectivity index (χ2v) is 5.57. The topological polar surface area (TPSA) is 58.6 Å². The van der Waals surface area contributed by atoms with Gasteiger partial charge in [-0.25, -0.2) is 0 Å². The molecule has 0 saturated heterocycles. The standard InChI is InChI=1S/C18H29NO3/c1-2-3-4-5-6-7-8-9-18(21)19-14-16-10-12-17(13-11-16)22-15-20/h10-13,20H,2-9,14-15H2,1H3,(H,19,21). The molecule has 0 aliphatic carbocycles. The number of rotatable bonds is 12. The highest BCUT2D eigenvalue weighted by molar-refractivity contribution is 5.75. The first kappa shape index (κ1) is 18.5. The Bertz CT molecular complexity index is 403. The molecule has 4 nitrogen and oxygen atoms in total. The van der Waals surface area contributed by atoms with Crippen molar-refractivity contribution in [2.45, 2.75) is 64.8 Å². The van der Waals surface area contributed by atoms with E-state index in [1.165, 1.54) is 32.1 Å². The third-order valence-corrected chi connectivity index (χ3v) is 3.65. The molecule has 1 aromatic carbocycles. The number of benzene rings is 1. The van der Waals surface area contributed by atoms with Gasteiger partial charge in [-0.05, 0) is 24.1 Å². The predicted octanol–water partition coefficient (Wildman–Crippen LogP) is 3.77. The first-order valence-corrected chi connectivity index (χ1v) is 8.35. The van der Waals surface area contributed by atoms with Crippen molar-refractivity contribution in [2.24, 2.45) is 0 Å². The molecule has 0 fully saturated rings. The minimum absolute atomic E-state index is 0.115. The average Bonchev–Trinajstić information content (AvgIpc) is 2.54. The number of unbranched alkanes of at least 4 members (excludes halogenated alkanes) is 6. The van der Waals surface area contributed by atoms with Crippen LogP contribution in [0.15, 0.2) is 24.3 Å². The fraction of sp³-hybridized carbons (Fsp3) is 0.611. The maximum Gasteiger partial charge on any atom is 0.220 e. The van der Waals surface area contributed by atoms with Gasteiger partial charge in [-0.3, -0.25) is 4.79 Å². The highest BCUT2D eigenvalue weighted by atomic mass is 16.6. The summed E-state index contributed by atoms with van der Waals surface area (Å²) in [4.78, 5) is 11.8. The Morgan fingerprint density at radius 2 is 1.68 bits per heavy atom. The van der Waals surface area contributed by atoms with Crippen LogP contribution >= 0.6 is 0 Å². The van der Waals surface area contributed by atoms with Gasteiger partial charge in [0.05, 0.1) is 0 Å². The highest BCUT2D eigenvalue weighted by Crippen LogP contribution is 2.12. The molecule has 1 rings (SSSR count). The Labute approximate surface area is 133 Å². The lowest BCUT2D eigenvalue weighted by atomic mass is 10.1. The van der Waals surface area contributed by atoms with Crippen molar-refractivity contribution >= 4 is 5.91 Å². The van der Waals surface area contributed by atoms with Crippen LogP contribution in [0.4, 0.5) is 0 Å². The minimum Gasteiger partial charge on any atom is -0.468 e. The van der Waals surface area contributed by atoms with Crippen molar-refractivity contribution in [1.29, 1.82) is 0 Å². The lowest BCUT2D eigenvalue weighted by Gasteiger charge is -2.07. The van der Waals surface area contributed by atoms with Gasteiger partial charge in [-0.1, -0.05) is 57.6 Å². The quantitative estimate of drug-likeness (QED) is 0.456.